The fourth-order valence-electron chi connectivity index (χ4n) is 1.15. The smallest absolute Gasteiger partial charge is 0.0588 e. The van der Waals surface area contributed by atoms with Gasteiger partial charge >= 0.3 is 0 Å². The molecule has 0 saturated carbocycles. The van der Waals surface area contributed by atoms with Crippen LogP contribution in [0.15, 0.2) is 0 Å². The summed E-state index contributed by atoms with van der Waals surface area (Å²) in [6, 6.07) is 0. The maximum absolute atomic E-state index is 5.30. The minimum atomic E-state index is 0.246. The molecule has 0 aliphatic rings. The zero-order valence-corrected chi connectivity index (χ0v) is 9.94. The zero-order chi connectivity index (χ0) is 10.9. The Morgan fingerprint density at radius 3 is 2.36 bits per heavy atom. The molecule has 86 valence electrons. The predicted molar refractivity (Wildman–Crippen MR) is 61.5 cm³/mol. The molecule has 0 bridgehead atoms. The van der Waals surface area contributed by atoms with E-state index in [1.54, 1.807) is 0 Å². The number of hydrogen-bond acceptors (Lipinski definition) is 3. The van der Waals surface area contributed by atoms with Crippen molar-refractivity contribution in [3.63, 3.8) is 0 Å². The summed E-state index contributed by atoms with van der Waals surface area (Å²) in [5, 5.41) is 3.46. The highest BCUT2D eigenvalue weighted by molar-refractivity contribution is 4.69. The van der Waals surface area contributed by atoms with Gasteiger partial charge in [0.05, 0.1) is 6.61 Å². The van der Waals surface area contributed by atoms with Gasteiger partial charge in [-0.25, -0.2) is 0 Å². The first-order valence-electron chi connectivity index (χ1n) is 5.59. The average Bonchev–Trinajstić information content (AvgIpc) is 2.08. The van der Waals surface area contributed by atoms with Crippen molar-refractivity contribution in [3.05, 3.63) is 0 Å². The van der Waals surface area contributed by atoms with Crippen LogP contribution in [0, 0.1) is 0 Å². The van der Waals surface area contributed by atoms with Gasteiger partial charge in [0, 0.05) is 18.7 Å². The van der Waals surface area contributed by atoms with E-state index >= 15 is 0 Å². The molecular weight excluding hydrogens is 176 g/mol. The molecule has 0 radical (unpaired) electrons. The molecule has 0 spiro atoms. The standard InChI is InChI=1S/C11H26N2O/c1-11(2,3)13-8-5-4-6-9-14-10-7-12/h13H,4-10,12H2,1-3H3. The molecule has 3 N–H and O–H groups in total. The Morgan fingerprint density at radius 1 is 1.07 bits per heavy atom. The van der Waals surface area contributed by atoms with Crippen LogP contribution in [0.2, 0.25) is 0 Å². The molecule has 0 atom stereocenters. The lowest BCUT2D eigenvalue weighted by molar-refractivity contribution is 0.137. The van der Waals surface area contributed by atoms with E-state index < -0.39 is 0 Å². The van der Waals surface area contributed by atoms with Gasteiger partial charge in [-0.1, -0.05) is 0 Å². The first-order valence-corrected chi connectivity index (χ1v) is 5.59. The van der Waals surface area contributed by atoms with E-state index in [0.29, 0.717) is 13.2 Å². The number of nitrogens with two attached hydrogens (primary N) is 1. The van der Waals surface area contributed by atoms with Crippen molar-refractivity contribution in [2.75, 3.05) is 26.3 Å². The van der Waals surface area contributed by atoms with Crippen molar-refractivity contribution in [1.82, 2.24) is 5.32 Å². The Balaban J connectivity index is 2.99. The van der Waals surface area contributed by atoms with Crippen LogP contribution < -0.4 is 11.1 Å². The van der Waals surface area contributed by atoms with Crippen LogP contribution in [-0.2, 0) is 4.74 Å². The Bertz CT molecular complexity index is 121. The summed E-state index contributed by atoms with van der Waals surface area (Å²) < 4.78 is 5.28. The molecule has 0 fully saturated rings. The normalized spacial score (nSPS) is 12.0. The lowest BCUT2D eigenvalue weighted by atomic mass is 10.1. The maximum atomic E-state index is 5.30. The Kier molecular flexibility index (Phi) is 8.14. The molecule has 0 aliphatic heterocycles. The minimum absolute atomic E-state index is 0.246. The van der Waals surface area contributed by atoms with Crippen LogP contribution in [0.25, 0.3) is 0 Å². The third kappa shape index (κ3) is 11.9. The van der Waals surface area contributed by atoms with Gasteiger partial charge in [-0.3, -0.25) is 0 Å². The highest BCUT2D eigenvalue weighted by Crippen LogP contribution is 2.00. The number of ether oxygens (including phenoxy) is 1. The summed E-state index contributed by atoms with van der Waals surface area (Å²) in [4.78, 5) is 0. The van der Waals surface area contributed by atoms with Gasteiger partial charge in [0.1, 0.15) is 0 Å². The van der Waals surface area contributed by atoms with Crippen LogP contribution in [0.1, 0.15) is 40.0 Å². The van der Waals surface area contributed by atoms with Crippen molar-refractivity contribution in [3.8, 4) is 0 Å². The zero-order valence-electron chi connectivity index (χ0n) is 9.94. The second-order valence-corrected chi connectivity index (χ2v) is 4.64. The number of nitrogens with one attached hydrogen (secondary N) is 1. The Morgan fingerprint density at radius 2 is 1.79 bits per heavy atom. The van der Waals surface area contributed by atoms with E-state index in [9.17, 15) is 0 Å². The molecule has 0 heterocycles. The van der Waals surface area contributed by atoms with Gasteiger partial charge in [0.15, 0.2) is 0 Å². The summed E-state index contributed by atoms with van der Waals surface area (Å²) in [5.41, 5.74) is 5.55. The molecule has 0 unspecified atom stereocenters. The molecule has 0 saturated heterocycles. The van der Waals surface area contributed by atoms with Gasteiger partial charge in [-0.05, 0) is 46.6 Å². The van der Waals surface area contributed by atoms with Crippen LogP contribution >= 0.6 is 0 Å². The van der Waals surface area contributed by atoms with Crippen LogP contribution in [-0.4, -0.2) is 31.8 Å². The van der Waals surface area contributed by atoms with Crippen LogP contribution in [0.4, 0.5) is 0 Å². The average molecular weight is 202 g/mol. The maximum Gasteiger partial charge on any atom is 0.0588 e. The summed E-state index contributed by atoms with van der Waals surface area (Å²) in [7, 11) is 0. The highest BCUT2D eigenvalue weighted by atomic mass is 16.5. The molecule has 14 heavy (non-hydrogen) atoms. The highest BCUT2D eigenvalue weighted by Gasteiger charge is 2.06. The Labute approximate surface area is 88.4 Å². The van der Waals surface area contributed by atoms with E-state index in [-0.39, 0.29) is 5.54 Å². The molecular formula is C11H26N2O. The number of hydrogen-bond donors (Lipinski definition) is 2. The molecule has 3 heteroatoms. The van der Waals surface area contributed by atoms with Crippen molar-refractivity contribution in [1.29, 1.82) is 0 Å². The summed E-state index contributed by atoms with van der Waals surface area (Å²) >= 11 is 0. The lowest BCUT2D eigenvalue weighted by Gasteiger charge is -2.20. The Hall–Kier alpha value is -0.120. The summed E-state index contributed by atoms with van der Waals surface area (Å²) in [5.74, 6) is 0. The third-order valence-corrected chi connectivity index (χ3v) is 1.88. The molecule has 3 nitrogen and oxygen atoms in total. The number of rotatable bonds is 8. The first-order chi connectivity index (χ1) is 6.56. The van der Waals surface area contributed by atoms with Gasteiger partial charge in [-0.2, -0.15) is 0 Å². The first kappa shape index (κ1) is 13.9. The lowest BCUT2D eigenvalue weighted by Crippen LogP contribution is -2.36. The van der Waals surface area contributed by atoms with Crippen molar-refractivity contribution >= 4 is 0 Å². The molecule has 0 aromatic carbocycles. The van der Waals surface area contributed by atoms with Gasteiger partial charge in [0.2, 0.25) is 0 Å². The largest absolute Gasteiger partial charge is 0.380 e. The number of unbranched alkanes of at least 4 members (excludes halogenated alkanes) is 2. The fraction of sp³-hybridized carbons (Fsp3) is 1.00. The quantitative estimate of drug-likeness (QED) is 0.587. The van der Waals surface area contributed by atoms with E-state index in [2.05, 4.69) is 26.1 Å². The van der Waals surface area contributed by atoms with Crippen LogP contribution in [0.3, 0.4) is 0 Å². The van der Waals surface area contributed by atoms with E-state index in [4.69, 9.17) is 10.5 Å². The molecule has 0 amide bonds. The van der Waals surface area contributed by atoms with Crippen molar-refractivity contribution in [2.45, 2.75) is 45.6 Å². The molecule has 0 rings (SSSR count). The molecule has 0 aliphatic carbocycles. The summed E-state index contributed by atoms with van der Waals surface area (Å²) in [6.07, 6.45) is 3.60. The van der Waals surface area contributed by atoms with E-state index in [0.717, 1.165) is 19.6 Å². The monoisotopic (exact) mass is 202 g/mol. The molecule has 0 aromatic rings. The van der Waals surface area contributed by atoms with E-state index in [1.807, 2.05) is 0 Å². The second-order valence-electron chi connectivity index (χ2n) is 4.64. The van der Waals surface area contributed by atoms with Crippen molar-refractivity contribution in [2.24, 2.45) is 5.73 Å². The van der Waals surface area contributed by atoms with E-state index in [1.165, 1.54) is 12.8 Å². The van der Waals surface area contributed by atoms with Gasteiger partial charge in [0.25, 0.3) is 0 Å². The molecule has 0 aromatic heterocycles. The van der Waals surface area contributed by atoms with Crippen LogP contribution in [0.5, 0.6) is 0 Å². The summed E-state index contributed by atoms with van der Waals surface area (Å²) in [6.45, 7) is 9.85. The minimum Gasteiger partial charge on any atom is -0.380 e. The van der Waals surface area contributed by atoms with Gasteiger partial charge < -0.3 is 15.8 Å². The predicted octanol–water partition coefficient (Wildman–Crippen LogP) is 1.52. The fourth-order valence-corrected chi connectivity index (χ4v) is 1.15. The van der Waals surface area contributed by atoms with Gasteiger partial charge in [-0.15, -0.1) is 0 Å². The van der Waals surface area contributed by atoms with Crippen molar-refractivity contribution < 1.29 is 4.74 Å². The second kappa shape index (κ2) is 8.21. The third-order valence-electron chi connectivity index (χ3n) is 1.88. The topological polar surface area (TPSA) is 47.3 Å². The SMILES string of the molecule is CC(C)(C)NCCCCCOCCN.